The van der Waals surface area contributed by atoms with Gasteiger partial charge in [0.05, 0.1) is 32.9 Å². The molecule has 7 aromatic heterocycles. The number of hydrogen-bond donors (Lipinski definition) is 0. The normalized spacial score (nSPS) is 12.1. The summed E-state index contributed by atoms with van der Waals surface area (Å²) in [6.07, 6.45) is 1.08. The predicted molar refractivity (Wildman–Crippen MR) is 364 cm³/mol. The number of benzene rings is 12. The molecule has 7 nitrogen and oxygen atoms in total. The fourth-order valence-corrected chi connectivity index (χ4v) is 15.6. The molecule has 0 fully saturated rings. The Hall–Kier alpha value is -10.6. The maximum atomic E-state index is 6.59. The standard InChI is InChI=1S/C38H21N3OS.C22H11ClN2OS.C17H12/c1-2-11-23-21-31-29(20-22(23)10-1)24-12-3-6-17-30(24)41(31)37-34-27-14-5-8-19-33(27)43-38(34)40-36(39-37)28-16-9-15-26-25-13-4-7-18-32(25)42-35(26)28;23-20-18-14-7-2-4-11-17(14)27-22(18)25-21(24-20)15-9-5-8-13-12-6-1-3-10-16(12)26-19(13)15;1-2-6-13-11-17-15(9-12(13)5-1)10-14-7-3-4-8-16(14)17/h1-21H;1-11H;1-9,11H,10H2. The minimum Gasteiger partial charge on any atom is -0.455 e. The SMILES string of the molecule is Clc1nc(-c2cccc3c2oc2ccccc23)nc2sc3ccccc3c12.c1ccc2c(c1)Cc1cc3ccccc3cc1-2.c1ccc2cc3c(cc2c1)c1ccccc1n3-c1nc(-c2cccc3c2oc2ccccc23)nc2sc3ccccc3c12. The van der Waals surface area contributed by atoms with Gasteiger partial charge in [0.25, 0.3) is 0 Å². The molecule has 19 aromatic rings. The first-order valence-corrected chi connectivity index (χ1v) is 30.9. The summed E-state index contributed by atoms with van der Waals surface area (Å²) in [5.41, 5.74) is 13.1. The zero-order chi connectivity index (χ0) is 57.3. The zero-order valence-electron chi connectivity index (χ0n) is 46.2. The summed E-state index contributed by atoms with van der Waals surface area (Å²) in [7, 11) is 0. The van der Waals surface area contributed by atoms with E-state index in [9.17, 15) is 0 Å². The Morgan fingerprint density at radius 2 is 0.828 bits per heavy atom. The molecule has 1 aliphatic rings. The van der Waals surface area contributed by atoms with E-state index in [1.807, 2.05) is 60.7 Å². The molecule has 10 heteroatoms. The first-order chi connectivity index (χ1) is 43.0. The van der Waals surface area contributed by atoms with E-state index in [1.54, 1.807) is 22.7 Å². The molecule has 0 amide bonds. The van der Waals surface area contributed by atoms with Crippen molar-refractivity contribution in [1.82, 2.24) is 24.5 Å². The van der Waals surface area contributed by atoms with Crippen LogP contribution in [0.15, 0.2) is 264 Å². The second-order valence-electron chi connectivity index (χ2n) is 22.1. The van der Waals surface area contributed by atoms with Crippen molar-refractivity contribution in [1.29, 1.82) is 0 Å². The Balaban J connectivity index is 0.000000110. The molecule has 0 saturated heterocycles. The van der Waals surface area contributed by atoms with Crippen molar-refractivity contribution >= 4 is 162 Å². The van der Waals surface area contributed by atoms with E-state index in [0.29, 0.717) is 16.8 Å². The molecule has 0 saturated carbocycles. The first kappa shape index (κ1) is 49.8. The van der Waals surface area contributed by atoms with Gasteiger partial charge in [-0.1, -0.05) is 206 Å². The van der Waals surface area contributed by atoms with Gasteiger partial charge in [0.15, 0.2) is 17.5 Å². The first-order valence-electron chi connectivity index (χ1n) is 28.9. The third kappa shape index (κ3) is 8.01. The van der Waals surface area contributed by atoms with E-state index in [-0.39, 0.29) is 0 Å². The van der Waals surface area contributed by atoms with Crippen LogP contribution in [0.4, 0.5) is 0 Å². The van der Waals surface area contributed by atoms with Crippen LogP contribution >= 0.6 is 34.3 Å². The van der Waals surface area contributed by atoms with Crippen LogP contribution < -0.4 is 0 Å². The summed E-state index contributed by atoms with van der Waals surface area (Å²) in [6.45, 7) is 0. The van der Waals surface area contributed by atoms with Gasteiger partial charge in [-0.25, -0.2) is 19.9 Å². The fourth-order valence-electron chi connectivity index (χ4n) is 13.1. The summed E-state index contributed by atoms with van der Waals surface area (Å²) in [6, 6.07) is 89.0. The Kier molecular flexibility index (Phi) is 11.3. The van der Waals surface area contributed by atoms with E-state index < -0.39 is 0 Å². The van der Waals surface area contributed by atoms with Crippen molar-refractivity contribution in [2.75, 3.05) is 0 Å². The molecule has 20 rings (SSSR count). The number of rotatable bonds is 3. The van der Waals surface area contributed by atoms with E-state index >= 15 is 0 Å². The van der Waals surface area contributed by atoms with E-state index in [0.717, 1.165) is 114 Å². The molecular formula is C77H44ClN5O2S2. The van der Waals surface area contributed by atoms with Gasteiger partial charge in [-0.05, 0) is 111 Å². The number of hydrogen-bond acceptors (Lipinski definition) is 8. The highest BCUT2D eigenvalue weighted by atomic mass is 35.5. The number of para-hydroxylation sites is 5. The lowest BCUT2D eigenvalue weighted by Crippen LogP contribution is -2.02. The van der Waals surface area contributed by atoms with Crippen LogP contribution in [-0.2, 0) is 6.42 Å². The van der Waals surface area contributed by atoms with Gasteiger partial charge >= 0.3 is 0 Å². The number of nitrogens with zero attached hydrogens (tertiary/aromatic N) is 5. The van der Waals surface area contributed by atoms with Crippen molar-refractivity contribution in [2.24, 2.45) is 0 Å². The van der Waals surface area contributed by atoms with Crippen molar-refractivity contribution in [3.8, 4) is 39.7 Å². The number of halogens is 1. The molecule has 7 heterocycles. The number of thiophene rings is 2. The van der Waals surface area contributed by atoms with Crippen LogP contribution in [-0.4, -0.2) is 24.5 Å². The van der Waals surface area contributed by atoms with Gasteiger partial charge in [-0.3, -0.25) is 4.57 Å². The van der Waals surface area contributed by atoms with Gasteiger partial charge in [-0.15, -0.1) is 22.7 Å². The zero-order valence-corrected chi connectivity index (χ0v) is 48.6. The highest BCUT2D eigenvalue weighted by molar-refractivity contribution is 7.26. The number of fused-ring (bicyclic) bond motifs is 20. The molecule has 0 aliphatic heterocycles. The third-order valence-corrected chi connectivity index (χ3v) is 19.5. The molecule has 87 heavy (non-hydrogen) atoms. The third-order valence-electron chi connectivity index (χ3n) is 17.1. The summed E-state index contributed by atoms with van der Waals surface area (Å²) in [5, 5.41) is 16.5. The molecule has 0 N–H and O–H groups in total. The van der Waals surface area contributed by atoms with Crippen molar-refractivity contribution in [3.63, 3.8) is 0 Å². The second kappa shape index (κ2) is 19.8. The van der Waals surface area contributed by atoms with Crippen molar-refractivity contribution < 1.29 is 8.83 Å². The highest BCUT2D eigenvalue weighted by Gasteiger charge is 2.24. The average Bonchev–Trinajstić information content (AvgIpc) is 2.00. The van der Waals surface area contributed by atoms with Crippen LogP contribution in [0.1, 0.15) is 11.1 Å². The molecule has 0 bridgehead atoms. The summed E-state index contributed by atoms with van der Waals surface area (Å²) < 4.78 is 17.3. The lowest BCUT2D eigenvalue weighted by molar-refractivity contribution is 0.669. The quantitative estimate of drug-likeness (QED) is 0.164. The number of furan rings is 2. The van der Waals surface area contributed by atoms with Crippen LogP contribution in [0, 0.1) is 0 Å². The monoisotopic (exact) mass is 1170 g/mol. The Morgan fingerprint density at radius 1 is 0.345 bits per heavy atom. The average molecular weight is 1170 g/mol. The van der Waals surface area contributed by atoms with E-state index in [4.69, 9.17) is 35.4 Å². The summed E-state index contributed by atoms with van der Waals surface area (Å²) in [4.78, 5) is 21.9. The van der Waals surface area contributed by atoms with Crippen LogP contribution in [0.5, 0.6) is 0 Å². The molecule has 1 aliphatic carbocycles. The molecule has 0 atom stereocenters. The molecule has 0 spiro atoms. The highest BCUT2D eigenvalue weighted by Crippen LogP contribution is 2.45. The molecule has 0 unspecified atom stereocenters. The molecule has 0 radical (unpaired) electrons. The topological polar surface area (TPSA) is 82.8 Å². The molecule has 12 aromatic carbocycles. The van der Waals surface area contributed by atoms with Gasteiger partial charge in [0.1, 0.15) is 37.1 Å². The maximum absolute atomic E-state index is 6.59. The van der Waals surface area contributed by atoms with E-state index in [2.05, 4.69) is 204 Å². The van der Waals surface area contributed by atoms with Gasteiger partial charge < -0.3 is 8.83 Å². The minimum atomic E-state index is 0.473. The molecular weight excluding hydrogens is 1130 g/mol. The lowest BCUT2D eigenvalue weighted by Gasteiger charge is -2.12. The van der Waals surface area contributed by atoms with Crippen molar-refractivity contribution in [3.05, 3.63) is 271 Å². The van der Waals surface area contributed by atoms with Gasteiger partial charge in [0.2, 0.25) is 0 Å². The maximum Gasteiger partial charge on any atom is 0.166 e. The van der Waals surface area contributed by atoms with Gasteiger partial charge in [-0.2, -0.15) is 0 Å². The largest absolute Gasteiger partial charge is 0.455 e. The summed E-state index contributed by atoms with van der Waals surface area (Å²) >= 11 is 9.93. The fraction of sp³-hybridized carbons (Fsp3) is 0.0130. The Bertz CT molecular complexity index is 6050. The van der Waals surface area contributed by atoms with Crippen molar-refractivity contribution in [2.45, 2.75) is 6.42 Å². The van der Waals surface area contributed by atoms with Crippen LogP contribution in [0.2, 0.25) is 5.15 Å². The molecule has 408 valence electrons. The van der Waals surface area contributed by atoms with Crippen LogP contribution in [0.3, 0.4) is 0 Å². The predicted octanol–water partition coefficient (Wildman–Crippen LogP) is 22.1. The second-order valence-corrected chi connectivity index (χ2v) is 24.5. The number of aromatic nitrogens is 5. The van der Waals surface area contributed by atoms with Crippen LogP contribution in [0.25, 0.3) is 168 Å². The Morgan fingerprint density at radius 3 is 1.49 bits per heavy atom. The Labute approximate surface area is 509 Å². The van der Waals surface area contributed by atoms with E-state index in [1.165, 1.54) is 59.3 Å². The summed E-state index contributed by atoms with van der Waals surface area (Å²) in [5.74, 6) is 2.13. The smallest absolute Gasteiger partial charge is 0.166 e. The lowest BCUT2D eigenvalue weighted by atomic mass is 10.0. The minimum absolute atomic E-state index is 0.473. The van der Waals surface area contributed by atoms with Gasteiger partial charge in [0, 0.05) is 52.5 Å².